The second kappa shape index (κ2) is 2.77. The van der Waals surface area contributed by atoms with Gasteiger partial charge in [-0.25, -0.2) is 4.21 Å². The second-order valence-corrected chi connectivity index (χ2v) is 2.98. The van der Waals surface area contributed by atoms with Crippen molar-refractivity contribution >= 4 is 11.4 Å². The van der Waals surface area contributed by atoms with Gasteiger partial charge in [0, 0.05) is 0 Å². The Morgan fingerprint density at radius 2 is 1.78 bits per heavy atom. The van der Waals surface area contributed by atoms with Crippen molar-refractivity contribution in [2.75, 3.05) is 0 Å². The van der Waals surface area contributed by atoms with Crippen LogP contribution in [0, 0.1) is 11.8 Å². The predicted octanol–water partition coefficient (Wildman–Crippen LogP) is 0.755. The molecule has 54 valence electrons. The van der Waals surface area contributed by atoms with Crippen molar-refractivity contribution in [3.05, 3.63) is 0 Å². The van der Waals surface area contributed by atoms with Gasteiger partial charge in [0.05, 0.1) is 11.4 Å². The molecule has 2 aliphatic rings. The number of rotatable bonds is 0. The van der Waals surface area contributed by atoms with Crippen LogP contribution in [0.25, 0.3) is 0 Å². The number of hydrogen-bond acceptors (Lipinski definition) is 2. The molecule has 0 heterocycles. The van der Waals surface area contributed by atoms with Crippen LogP contribution >= 0.6 is 0 Å². The highest BCUT2D eigenvalue weighted by atomic mass is 32.2. The molecule has 0 aromatic carbocycles. The van der Waals surface area contributed by atoms with Gasteiger partial charge in [0.15, 0.2) is 0 Å². The van der Waals surface area contributed by atoms with Crippen molar-refractivity contribution in [1.29, 1.82) is 0 Å². The first-order chi connectivity index (χ1) is 4.20. The highest BCUT2D eigenvalue weighted by Crippen LogP contribution is 2.55. The third kappa shape index (κ3) is 2.43. The Bertz CT molecular complexity index is 109. The van der Waals surface area contributed by atoms with Gasteiger partial charge in [-0.2, -0.15) is 0 Å². The molecule has 0 aromatic rings. The minimum Gasteiger partial charge on any atom is -0.750 e. The normalized spacial score (nSPS) is 38.9. The summed E-state index contributed by atoms with van der Waals surface area (Å²) < 4.78 is 24.1. The lowest BCUT2D eigenvalue weighted by Crippen LogP contribution is -1.93. The molecule has 0 bridgehead atoms. The molecule has 4 heteroatoms. The molecule has 0 amide bonds. The summed E-state index contributed by atoms with van der Waals surface area (Å²) in [4.78, 5) is 0. The minimum absolute atomic E-state index is 1.23. The fourth-order valence-corrected chi connectivity index (χ4v) is 1.18. The molecule has 0 spiro atoms. The Morgan fingerprint density at radius 3 is 1.78 bits per heavy atom. The van der Waals surface area contributed by atoms with Gasteiger partial charge in [-0.15, -0.1) is 0 Å². The smallest absolute Gasteiger partial charge is 0.0814 e. The average molecular weight is 149 g/mol. The van der Waals surface area contributed by atoms with Gasteiger partial charge in [-0.1, -0.05) is 0 Å². The largest absolute Gasteiger partial charge is 0.750 e. The Balaban J connectivity index is 0.0000000945. The molecular formula is C5H9O3S-. The Hall–Kier alpha value is 0.0700. The summed E-state index contributed by atoms with van der Waals surface area (Å²) in [6, 6.07) is 0. The molecule has 0 aromatic heterocycles. The van der Waals surface area contributed by atoms with E-state index in [0.717, 1.165) is 0 Å². The summed E-state index contributed by atoms with van der Waals surface area (Å²) in [5.74, 6) is 2.46. The molecule has 3 atom stereocenters. The molecule has 9 heavy (non-hydrogen) atoms. The first-order valence-corrected chi connectivity index (χ1v) is 4.01. The van der Waals surface area contributed by atoms with Crippen molar-refractivity contribution in [1.82, 2.24) is 0 Å². The van der Waals surface area contributed by atoms with E-state index in [2.05, 4.69) is 0 Å². The highest BCUT2D eigenvalue weighted by molar-refractivity contribution is 7.73. The molecule has 0 aliphatic heterocycles. The van der Waals surface area contributed by atoms with E-state index < -0.39 is 11.4 Å². The topological polar surface area (TPSA) is 60.4 Å². The molecule has 3 unspecified atom stereocenters. The van der Waals surface area contributed by atoms with Gasteiger partial charge < -0.3 is 9.11 Å². The standard InChI is InChI=1S/C5H8.H2O3S/c1-2-5-3-4(1)5;1-4(2)3/h4-5H,1-3H2;(H2,1,2,3)/p-1. The second-order valence-electron chi connectivity index (χ2n) is 2.55. The molecule has 0 saturated heterocycles. The minimum atomic E-state index is -2.86. The third-order valence-electron chi connectivity index (χ3n) is 1.98. The molecule has 3 nitrogen and oxygen atoms in total. The lowest BCUT2D eigenvalue weighted by atomic mass is 10.0. The molecule has 0 radical (unpaired) electrons. The van der Waals surface area contributed by atoms with E-state index >= 15 is 0 Å². The summed E-state index contributed by atoms with van der Waals surface area (Å²) in [7, 11) is 0. The zero-order valence-corrected chi connectivity index (χ0v) is 5.76. The lowest BCUT2D eigenvalue weighted by Gasteiger charge is -2.04. The van der Waals surface area contributed by atoms with Crippen LogP contribution in [0.15, 0.2) is 0 Å². The first-order valence-electron chi connectivity index (χ1n) is 2.98. The van der Waals surface area contributed by atoms with Gasteiger partial charge in [-0.05, 0) is 31.1 Å². The van der Waals surface area contributed by atoms with E-state index in [9.17, 15) is 0 Å². The van der Waals surface area contributed by atoms with Gasteiger partial charge >= 0.3 is 0 Å². The fraction of sp³-hybridized carbons (Fsp3) is 1.00. The lowest BCUT2D eigenvalue weighted by molar-refractivity contribution is 0.436. The molecule has 2 saturated carbocycles. The molecule has 2 fully saturated rings. The van der Waals surface area contributed by atoms with E-state index in [4.69, 9.17) is 13.3 Å². The summed E-state index contributed by atoms with van der Waals surface area (Å²) in [5.41, 5.74) is 0. The van der Waals surface area contributed by atoms with E-state index in [1.807, 2.05) is 0 Å². The van der Waals surface area contributed by atoms with Crippen molar-refractivity contribution in [2.45, 2.75) is 19.3 Å². The van der Waals surface area contributed by atoms with Gasteiger partial charge in [-0.3, -0.25) is 0 Å². The van der Waals surface area contributed by atoms with Crippen molar-refractivity contribution in [3.8, 4) is 0 Å². The summed E-state index contributed by atoms with van der Waals surface area (Å²) in [6.07, 6.45) is 4.70. The van der Waals surface area contributed by atoms with Crippen LogP contribution in [0.2, 0.25) is 0 Å². The first kappa shape index (κ1) is 7.18. The van der Waals surface area contributed by atoms with Crippen LogP contribution in [0.1, 0.15) is 19.3 Å². The monoisotopic (exact) mass is 149 g/mol. The molecule has 2 rings (SSSR count). The SMILES string of the molecule is C1CC2CC12.O=S([O-])O. The van der Waals surface area contributed by atoms with E-state index in [0.29, 0.717) is 0 Å². The Morgan fingerprint density at radius 1 is 1.44 bits per heavy atom. The van der Waals surface area contributed by atoms with Crippen LogP contribution in [0.5, 0.6) is 0 Å². The van der Waals surface area contributed by atoms with Crippen LogP contribution < -0.4 is 0 Å². The maximum Gasteiger partial charge on any atom is 0.0814 e. The molecular weight excluding hydrogens is 140 g/mol. The van der Waals surface area contributed by atoms with Crippen molar-refractivity contribution in [2.24, 2.45) is 11.8 Å². The van der Waals surface area contributed by atoms with E-state index in [1.54, 1.807) is 19.3 Å². The highest BCUT2D eigenvalue weighted by Gasteiger charge is 2.44. The van der Waals surface area contributed by atoms with Crippen molar-refractivity contribution in [3.63, 3.8) is 0 Å². The summed E-state index contributed by atoms with van der Waals surface area (Å²) in [5, 5.41) is 0. The zero-order valence-electron chi connectivity index (χ0n) is 4.95. The summed E-state index contributed by atoms with van der Waals surface area (Å²) >= 11 is -2.86. The molecule has 1 N–H and O–H groups in total. The van der Waals surface area contributed by atoms with Crippen LogP contribution in [-0.2, 0) is 11.4 Å². The quantitative estimate of drug-likeness (QED) is 0.517. The summed E-state index contributed by atoms with van der Waals surface area (Å²) in [6.45, 7) is 0. The van der Waals surface area contributed by atoms with E-state index in [1.165, 1.54) is 11.8 Å². The van der Waals surface area contributed by atoms with Crippen LogP contribution in [-0.4, -0.2) is 13.3 Å². The predicted molar refractivity (Wildman–Crippen MR) is 32.4 cm³/mol. The Kier molecular flexibility index (Phi) is 2.21. The van der Waals surface area contributed by atoms with Gasteiger partial charge in [0.25, 0.3) is 0 Å². The van der Waals surface area contributed by atoms with Crippen LogP contribution in [0.3, 0.4) is 0 Å². The maximum absolute atomic E-state index is 8.56. The van der Waals surface area contributed by atoms with Gasteiger partial charge in [0.2, 0.25) is 0 Å². The van der Waals surface area contributed by atoms with Crippen LogP contribution in [0.4, 0.5) is 0 Å². The fourth-order valence-electron chi connectivity index (χ4n) is 1.18. The third-order valence-corrected chi connectivity index (χ3v) is 1.98. The van der Waals surface area contributed by atoms with Crippen molar-refractivity contribution < 1.29 is 13.3 Å². The Labute approximate surface area is 56.6 Å². The number of hydrogen-bond donors (Lipinski definition) is 1. The van der Waals surface area contributed by atoms with E-state index in [-0.39, 0.29) is 0 Å². The number of fused-ring (bicyclic) bond motifs is 1. The molecule has 2 aliphatic carbocycles. The van der Waals surface area contributed by atoms with Gasteiger partial charge in [0.1, 0.15) is 0 Å². The maximum atomic E-state index is 8.56. The average Bonchev–Trinajstić information content (AvgIpc) is 2.10. The zero-order chi connectivity index (χ0) is 6.85.